The van der Waals surface area contributed by atoms with Gasteiger partial charge in [-0.15, -0.1) is 0 Å². The molecule has 0 aliphatic carbocycles. The summed E-state index contributed by atoms with van der Waals surface area (Å²) in [4.78, 5) is 4.63. The van der Waals surface area contributed by atoms with Crippen molar-refractivity contribution < 1.29 is 5.11 Å². The van der Waals surface area contributed by atoms with Gasteiger partial charge in [0, 0.05) is 26.2 Å². The Morgan fingerprint density at radius 2 is 1.79 bits per heavy atom. The molecular formula is C11H26N2O. The zero-order valence-electron chi connectivity index (χ0n) is 10.2. The highest BCUT2D eigenvalue weighted by atomic mass is 16.3. The lowest BCUT2D eigenvalue weighted by molar-refractivity contribution is 0.164. The number of aliphatic hydroxyl groups is 1. The second-order valence-corrected chi connectivity index (χ2v) is 4.39. The predicted octanol–water partition coefficient (Wildman–Crippen LogP) is 0.888. The molecule has 3 heteroatoms. The molecule has 0 fully saturated rings. The highest BCUT2D eigenvalue weighted by Crippen LogP contribution is 2.00. The van der Waals surface area contributed by atoms with Crippen molar-refractivity contribution >= 4 is 0 Å². The van der Waals surface area contributed by atoms with E-state index in [4.69, 9.17) is 5.11 Å². The summed E-state index contributed by atoms with van der Waals surface area (Å²) in [6.45, 7) is 8.94. The van der Waals surface area contributed by atoms with E-state index in [9.17, 15) is 0 Å². The molecule has 0 saturated heterocycles. The molecule has 0 saturated carbocycles. The standard InChI is InChI=1S/C11H26N2O/c1-5-6-13(8-7-12(3)4)9-11(2)10-14/h11,14H,5-10H2,1-4H3. The first-order chi connectivity index (χ1) is 6.60. The zero-order valence-corrected chi connectivity index (χ0v) is 10.2. The Morgan fingerprint density at radius 1 is 1.14 bits per heavy atom. The van der Waals surface area contributed by atoms with E-state index < -0.39 is 0 Å². The van der Waals surface area contributed by atoms with Gasteiger partial charge in [-0.05, 0) is 33.0 Å². The van der Waals surface area contributed by atoms with Crippen LogP contribution in [0.2, 0.25) is 0 Å². The van der Waals surface area contributed by atoms with Crippen LogP contribution < -0.4 is 0 Å². The van der Waals surface area contributed by atoms with Crippen LogP contribution in [0.5, 0.6) is 0 Å². The highest BCUT2D eigenvalue weighted by molar-refractivity contribution is 4.63. The summed E-state index contributed by atoms with van der Waals surface area (Å²) in [6, 6.07) is 0. The van der Waals surface area contributed by atoms with Crippen LogP contribution in [0.15, 0.2) is 0 Å². The zero-order chi connectivity index (χ0) is 11.0. The van der Waals surface area contributed by atoms with Crippen LogP contribution in [0, 0.1) is 5.92 Å². The monoisotopic (exact) mass is 202 g/mol. The molecule has 3 nitrogen and oxygen atoms in total. The van der Waals surface area contributed by atoms with E-state index in [1.54, 1.807) is 0 Å². The Labute approximate surface area is 88.7 Å². The third-order valence-corrected chi connectivity index (χ3v) is 2.28. The highest BCUT2D eigenvalue weighted by Gasteiger charge is 2.08. The molecular weight excluding hydrogens is 176 g/mol. The fraction of sp³-hybridized carbons (Fsp3) is 1.00. The van der Waals surface area contributed by atoms with Gasteiger partial charge in [0.1, 0.15) is 0 Å². The van der Waals surface area contributed by atoms with Crippen molar-refractivity contribution in [1.29, 1.82) is 0 Å². The molecule has 0 rings (SSSR count). The van der Waals surface area contributed by atoms with Crippen LogP contribution in [-0.4, -0.2) is 61.8 Å². The summed E-state index contributed by atoms with van der Waals surface area (Å²) in [5.74, 6) is 0.392. The summed E-state index contributed by atoms with van der Waals surface area (Å²) in [7, 11) is 4.19. The summed E-state index contributed by atoms with van der Waals surface area (Å²) in [5, 5.41) is 8.99. The lowest BCUT2D eigenvalue weighted by Gasteiger charge is -2.25. The molecule has 0 aliphatic rings. The van der Waals surface area contributed by atoms with Crippen LogP contribution in [0.3, 0.4) is 0 Å². The van der Waals surface area contributed by atoms with Gasteiger partial charge in [-0.1, -0.05) is 13.8 Å². The average molecular weight is 202 g/mol. The molecule has 0 amide bonds. The first-order valence-electron chi connectivity index (χ1n) is 5.58. The first kappa shape index (κ1) is 13.9. The van der Waals surface area contributed by atoms with Crippen molar-refractivity contribution in [2.45, 2.75) is 20.3 Å². The average Bonchev–Trinajstić information content (AvgIpc) is 2.14. The van der Waals surface area contributed by atoms with Crippen molar-refractivity contribution in [3.05, 3.63) is 0 Å². The van der Waals surface area contributed by atoms with Gasteiger partial charge in [0.15, 0.2) is 0 Å². The second-order valence-electron chi connectivity index (χ2n) is 4.39. The Morgan fingerprint density at radius 3 is 2.21 bits per heavy atom. The number of aliphatic hydroxyl groups excluding tert-OH is 1. The van der Waals surface area contributed by atoms with Crippen LogP contribution in [0.4, 0.5) is 0 Å². The predicted molar refractivity (Wildman–Crippen MR) is 61.5 cm³/mol. The molecule has 0 radical (unpaired) electrons. The van der Waals surface area contributed by atoms with E-state index in [-0.39, 0.29) is 0 Å². The van der Waals surface area contributed by atoms with Crippen LogP contribution in [0.25, 0.3) is 0 Å². The largest absolute Gasteiger partial charge is 0.396 e. The maximum absolute atomic E-state index is 8.99. The number of hydrogen-bond acceptors (Lipinski definition) is 3. The van der Waals surface area contributed by atoms with Gasteiger partial charge in [-0.2, -0.15) is 0 Å². The fourth-order valence-corrected chi connectivity index (χ4v) is 1.45. The Hall–Kier alpha value is -0.120. The van der Waals surface area contributed by atoms with Gasteiger partial charge in [0.2, 0.25) is 0 Å². The molecule has 0 bridgehead atoms. The van der Waals surface area contributed by atoms with Gasteiger partial charge in [0.05, 0.1) is 0 Å². The Balaban J connectivity index is 3.76. The summed E-state index contributed by atoms with van der Waals surface area (Å²) >= 11 is 0. The third kappa shape index (κ3) is 7.30. The molecule has 0 aromatic carbocycles. The molecule has 0 aromatic rings. The van der Waals surface area contributed by atoms with E-state index in [1.165, 1.54) is 6.42 Å². The van der Waals surface area contributed by atoms with E-state index in [1.807, 2.05) is 0 Å². The Kier molecular flexibility index (Phi) is 8.14. The second kappa shape index (κ2) is 8.21. The number of nitrogens with zero attached hydrogens (tertiary/aromatic N) is 2. The number of hydrogen-bond donors (Lipinski definition) is 1. The molecule has 0 spiro atoms. The van der Waals surface area contributed by atoms with E-state index >= 15 is 0 Å². The SMILES string of the molecule is CCCN(CCN(C)C)CC(C)CO. The first-order valence-corrected chi connectivity index (χ1v) is 5.58. The van der Waals surface area contributed by atoms with E-state index in [2.05, 4.69) is 37.7 Å². The molecule has 86 valence electrons. The maximum atomic E-state index is 8.99. The van der Waals surface area contributed by atoms with Gasteiger partial charge in [-0.3, -0.25) is 0 Å². The molecule has 0 heterocycles. The minimum absolute atomic E-state index is 0.294. The van der Waals surface area contributed by atoms with Crippen molar-refractivity contribution in [3.8, 4) is 0 Å². The van der Waals surface area contributed by atoms with E-state index in [0.717, 1.165) is 26.2 Å². The van der Waals surface area contributed by atoms with E-state index in [0.29, 0.717) is 12.5 Å². The van der Waals surface area contributed by atoms with Gasteiger partial charge in [-0.25, -0.2) is 0 Å². The Bertz CT molecular complexity index is 128. The van der Waals surface area contributed by atoms with Crippen molar-refractivity contribution in [2.24, 2.45) is 5.92 Å². The topological polar surface area (TPSA) is 26.7 Å². The minimum Gasteiger partial charge on any atom is -0.396 e. The van der Waals surface area contributed by atoms with Crippen molar-refractivity contribution in [3.63, 3.8) is 0 Å². The van der Waals surface area contributed by atoms with Crippen LogP contribution in [0.1, 0.15) is 20.3 Å². The van der Waals surface area contributed by atoms with Crippen LogP contribution in [-0.2, 0) is 0 Å². The summed E-state index contributed by atoms with van der Waals surface area (Å²) in [5.41, 5.74) is 0. The van der Waals surface area contributed by atoms with Gasteiger partial charge >= 0.3 is 0 Å². The quantitative estimate of drug-likeness (QED) is 0.633. The lowest BCUT2D eigenvalue weighted by atomic mass is 10.2. The van der Waals surface area contributed by atoms with Crippen molar-refractivity contribution in [2.75, 3.05) is 46.9 Å². The minimum atomic E-state index is 0.294. The van der Waals surface area contributed by atoms with Crippen LogP contribution >= 0.6 is 0 Å². The molecule has 1 N–H and O–H groups in total. The molecule has 0 aliphatic heterocycles. The summed E-state index contributed by atoms with van der Waals surface area (Å²) < 4.78 is 0. The third-order valence-electron chi connectivity index (χ3n) is 2.28. The van der Waals surface area contributed by atoms with Gasteiger partial charge in [0.25, 0.3) is 0 Å². The normalized spacial score (nSPS) is 13.9. The molecule has 0 aromatic heterocycles. The van der Waals surface area contributed by atoms with Gasteiger partial charge < -0.3 is 14.9 Å². The fourth-order valence-electron chi connectivity index (χ4n) is 1.45. The van der Waals surface area contributed by atoms with Crippen molar-refractivity contribution in [1.82, 2.24) is 9.80 Å². The molecule has 14 heavy (non-hydrogen) atoms. The maximum Gasteiger partial charge on any atom is 0.0468 e. The molecule has 1 atom stereocenters. The number of rotatable bonds is 8. The lowest BCUT2D eigenvalue weighted by Crippen LogP contribution is -2.36. The summed E-state index contributed by atoms with van der Waals surface area (Å²) in [6.07, 6.45) is 1.19. The molecule has 1 unspecified atom stereocenters. The number of likely N-dealkylation sites (N-methyl/N-ethyl adjacent to an activating group) is 1. The smallest absolute Gasteiger partial charge is 0.0468 e.